The number of hydrogen-bond acceptors (Lipinski definition) is 8. The summed E-state index contributed by atoms with van der Waals surface area (Å²) in [6.07, 6.45) is 1.72. The molecule has 27 heavy (non-hydrogen) atoms. The lowest BCUT2D eigenvalue weighted by molar-refractivity contribution is -0.384. The van der Waals surface area contributed by atoms with Gasteiger partial charge in [0.1, 0.15) is 5.82 Å². The monoisotopic (exact) mass is 368 g/mol. The van der Waals surface area contributed by atoms with Crippen molar-refractivity contribution in [3.05, 3.63) is 46.6 Å². The van der Waals surface area contributed by atoms with Gasteiger partial charge in [0.25, 0.3) is 0 Å². The normalized spacial score (nSPS) is 15.7. The van der Waals surface area contributed by atoms with Crippen molar-refractivity contribution in [1.29, 1.82) is 0 Å². The minimum absolute atomic E-state index is 0.0800. The molecule has 0 radical (unpaired) electrons. The topological polar surface area (TPSA) is 115 Å². The second kappa shape index (κ2) is 7.17. The third kappa shape index (κ3) is 3.81. The number of nitro groups is 1. The van der Waals surface area contributed by atoms with Crippen molar-refractivity contribution in [2.75, 3.05) is 44.0 Å². The van der Waals surface area contributed by atoms with Gasteiger partial charge in [0.15, 0.2) is 0 Å². The Morgan fingerprint density at radius 3 is 2.78 bits per heavy atom. The number of rotatable bonds is 5. The van der Waals surface area contributed by atoms with Crippen LogP contribution in [0.2, 0.25) is 0 Å². The third-order valence-electron chi connectivity index (χ3n) is 4.55. The predicted octanol–water partition coefficient (Wildman–Crippen LogP) is 2.18. The highest BCUT2D eigenvalue weighted by molar-refractivity contribution is 5.83. The molecule has 1 aliphatic heterocycles. The van der Waals surface area contributed by atoms with E-state index in [4.69, 9.17) is 0 Å². The summed E-state index contributed by atoms with van der Waals surface area (Å²) in [6, 6.07) is 8.65. The Hall–Kier alpha value is -3.24. The minimum Gasteiger partial charge on any atom is -0.334 e. The highest BCUT2D eigenvalue weighted by Gasteiger charge is 2.19. The standard InChI is InChI=1S/C17H20N8O2/c1-23-6-8-24(9-7-23)22-16-5-4-15(25(26)27)17(20-16)19-13-3-2-12-11-18-21-14(12)10-13/h2-5,10-11H,6-9H2,1H3,(H,18,21)(H2,19,20,22). The molecular formula is C17H20N8O2. The van der Waals surface area contributed by atoms with E-state index in [2.05, 4.69) is 42.9 Å². The molecule has 0 amide bonds. The summed E-state index contributed by atoms with van der Waals surface area (Å²) < 4.78 is 0. The Labute approximate surface area is 155 Å². The summed E-state index contributed by atoms with van der Waals surface area (Å²) in [4.78, 5) is 17.6. The number of aromatic amines is 1. The molecule has 140 valence electrons. The molecule has 1 saturated heterocycles. The van der Waals surface area contributed by atoms with E-state index < -0.39 is 4.92 Å². The highest BCUT2D eigenvalue weighted by Crippen LogP contribution is 2.28. The van der Waals surface area contributed by atoms with Crippen LogP contribution in [-0.2, 0) is 0 Å². The first-order valence-corrected chi connectivity index (χ1v) is 8.64. The molecule has 0 bridgehead atoms. The van der Waals surface area contributed by atoms with Crippen LogP contribution in [0.3, 0.4) is 0 Å². The molecule has 3 heterocycles. The van der Waals surface area contributed by atoms with Crippen LogP contribution in [0.15, 0.2) is 36.5 Å². The number of hydrogen-bond donors (Lipinski definition) is 3. The number of fused-ring (bicyclic) bond motifs is 1. The van der Waals surface area contributed by atoms with Crippen LogP contribution >= 0.6 is 0 Å². The fraction of sp³-hybridized carbons (Fsp3) is 0.294. The second-order valence-electron chi connectivity index (χ2n) is 6.52. The van der Waals surface area contributed by atoms with E-state index in [0.29, 0.717) is 11.5 Å². The molecule has 4 rings (SSSR count). The van der Waals surface area contributed by atoms with Crippen molar-refractivity contribution in [1.82, 2.24) is 25.1 Å². The smallest absolute Gasteiger partial charge is 0.311 e. The Morgan fingerprint density at radius 2 is 2.00 bits per heavy atom. The summed E-state index contributed by atoms with van der Waals surface area (Å²) in [5.74, 6) is 0.758. The largest absolute Gasteiger partial charge is 0.334 e. The van der Waals surface area contributed by atoms with Crippen LogP contribution in [0.5, 0.6) is 0 Å². The maximum atomic E-state index is 11.4. The van der Waals surface area contributed by atoms with Gasteiger partial charge in [0, 0.05) is 43.3 Å². The van der Waals surface area contributed by atoms with Crippen molar-refractivity contribution in [2.24, 2.45) is 0 Å². The molecule has 0 saturated carbocycles. The van der Waals surface area contributed by atoms with Gasteiger partial charge >= 0.3 is 5.69 Å². The zero-order chi connectivity index (χ0) is 18.8. The predicted molar refractivity (Wildman–Crippen MR) is 103 cm³/mol. The van der Waals surface area contributed by atoms with Gasteiger partial charge in [-0.15, -0.1) is 0 Å². The number of hydrazine groups is 1. The van der Waals surface area contributed by atoms with Crippen LogP contribution in [0.4, 0.5) is 23.0 Å². The molecular weight excluding hydrogens is 348 g/mol. The summed E-state index contributed by atoms with van der Waals surface area (Å²) in [5, 5.41) is 24.3. The van der Waals surface area contributed by atoms with Crippen LogP contribution < -0.4 is 10.7 Å². The van der Waals surface area contributed by atoms with Gasteiger partial charge in [-0.05, 0) is 31.3 Å². The molecule has 0 spiro atoms. The summed E-state index contributed by atoms with van der Waals surface area (Å²) in [6.45, 7) is 3.62. The maximum absolute atomic E-state index is 11.4. The van der Waals surface area contributed by atoms with Crippen LogP contribution in [0.25, 0.3) is 10.9 Å². The van der Waals surface area contributed by atoms with E-state index in [1.54, 1.807) is 12.3 Å². The maximum Gasteiger partial charge on any atom is 0.311 e. The number of piperazine rings is 1. The lowest BCUT2D eigenvalue weighted by Gasteiger charge is -2.32. The first-order valence-electron chi connectivity index (χ1n) is 8.64. The number of H-pyrrole nitrogens is 1. The molecule has 10 heteroatoms. The van der Waals surface area contributed by atoms with E-state index in [-0.39, 0.29) is 11.5 Å². The van der Waals surface area contributed by atoms with Gasteiger partial charge in [-0.2, -0.15) is 5.10 Å². The van der Waals surface area contributed by atoms with Crippen molar-refractivity contribution in [2.45, 2.75) is 0 Å². The van der Waals surface area contributed by atoms with Gasteiger partial charge in [0.2, 0.25) is 5.82 Å². The van der Waals surface area contributed by atoms with E-state index >= 15 is 0 Å². The Morgan fingerprint density at radius 1 is 1.19 bits per heavy atom. The summed E-state index contributed by atoms with van der Waals surface area (Å²) in [7, 11) is 2.08. The van der Waals surface area contributed by atoms with E-state index in [9.17, 15) is 10.1 Å². The number of aromatic nitrogens is 3. The molecule has 0 aliphatic carbocycles. The quantitative estimate of drug-likeness (QED) is 0.464. The lowest BCUT2D eigenvalue weighted by Crippen LogP contribution is -2.47. The number of benzene rings is 1. The fourth-order valence-electron chi connectivity index (χ4n) is 2.99. The zero-order valence-electron chi connectivity index (χ0n) is 14.8. The van der Waals surface area contributed by atoms with Gasteiger partial charge < -0.3 is 15.6 Å². The Kier molecular flexibility index (Phi) is 4.57. The van der Waals surface area contributed by atoms with Crippen molar-refractivity contribution in [3.8, 4) is 0 Å². The molecule has 1 fully saturated rings. The molecule has 0 atom stereocenters. The number of nitrogens with one attached hydrogen (secondary N) is 3. The first kappa shape index (κ1) is 17.2. The minimum atomic E-state index is -0.441. The molecule has 3 aromatic rings. The van der Waals surface area contributed by atoms with Crippen LogP contribution in [-0.4, -0.2) is 63.2 Å². The third-order valence-corrected chi connectivity index (χ3v) is 4.55. The first-order chi connectivity index (χ1) is 13.1. The molecule has 3 N–H and O–H groups in total. The van der Waals surface area contributed by atoms with Crippen molar-refractivity contribution >= 4 is 33.9 Å². The average Bonchev–Trinajstić information content (AvgIpc) is 3.11. The second-order valence-corrected chi connectivity index (χ2v) is 6.52. The zero-order valence-corrected chi connectivity index (χ0v) is 14.8. The van der Waals surface area contributed by atoms with Crippen LogP contribution in [0, 0.1) is 10.1 Å². The van der Waals surface area contributed by atoms with Crippen molar-refractivity contribution < 1.29 is 4.92 Å². The van der Waals surface area contributed by atoms with Crippen molar-refractivity contribution in [3.63, 3.8) is 0 Å². The number of nitrogens with zero attached hydrogens (tertiary/aromatic N) is 5. The summed E-state index contributed by atoms with van der Waals surface area (Å²) in [5.41, 5.74) is 4.69. The fourth-order valence-corrected chi connectivity index (χ4v) is 2.99. The molecule has 2 aromatic heterocycles. The van der Waals surface area contributed by atoms with Gasteiger partial charge in [-0.25, -0.2) is 9.99 Å². The van der Waals surface area contributed by atoms with Gasteiger partial charge in [-0.1, -0.05) is 0 Å². The summed E-state index contributed by atoms with van der Waals surface area (Å²) >= 11 is 0. The van der Waals surface area contributed by atoms with E-state index in [0.717, 1.165) is 37.1 Å². The van der Waals surface area contributed by atoms with Gasteiger partial charge in [0.05, 0.1) is 16.6 Å². The van der Waals surface area contributed by atoms with E-state index in [1.165, 1.54) is 6.07 Å². The van der Waals surface area contributed by atoms with E-state index in [1.807, 2.05) is 18.2 Å². The average molecular weight is 368 g/mol. The highest BCUT2D eigenvalue weighted by atomic mass is 16.6. The molecule has 0 unspecified atom stereocenters. The SMILES string of the molecule is CN1CCN(Nc2ccc([N+](=O)[O-])c(Nc3ccc4cn[nH]c4c3)n2)CC1. The Balaban J connectivity index is 1.58. The molecule has 1 aromatic carbocycles. The molecule has 10 nitrogen and oxygen atoms in total. The van der Waals surface area contributed by atoms with Gasteiger partial charge in [-0.3, -0.25) is 15.2 Å². The Bertz CT molecular complexity index is 964. The number of likely N-dealkylation sites (N-methyl/N-ethyl adjacent to an activating group) is 1. The lowest BCUT2D eigenvalue weighted by atomic mass is 10.2. The van der Waals surface area contributed by atoms with Crippen LogP contribution in [0.1, 0.15) is 0 Å². The number of anilines is 3. The number of pyridine rings is 1. The molecule has 1 aliphatic rings.